The fourth-order valence-electron chi connectivity index (χ4n) is 3.63. The number of nitrogens with one attached hydrogen (secondary N) is 4. The SMILES string of the molecule is COc1cc(Nc2nc3ccccc3nc2NSc2cccc(NC(=O)CNCCN(C)C)c2)cc(OC)c1. The molecule has 4 aromatic rings. The lowest BCUT2D eigenvalue weighted by molar-refractivity contribution is -0.115. The molecule has 0 atom stereocenters. The van der Waals surface area contributed by atoms with Gasteiger partial charge in [-0.05, 0) is 56.4 Å². The number of fused-ring (bicyclic) bond motifs is 1. The molecule has 1 aromatic heterocycles. The van der Waals surface area contributed by atoms with Crippen LogP contribution in [0.25, 0.3) is 11.0 Å². The van der Waals surface area contributed by atoms with E-state index in [1.165, 1.54) is 11.9 Å². The van der Waals surface area contributed by atoms with Crippen molar-refractivity contribution in [2.45, 2.75) is 4.90 Å². The summed E-state index contributed by atoms with van der Waals surface area (Å²) in [4.78, 5) is 24.9. The summed E-state index contributed by atoms with van der Waals surface area (Å²) >= 11 is 1.37. The quantitative estimate of drug-likeness (QED) is 0.140. The Morgan fingerprint density at radius 3 is 2.23 bits per heavy atom. The molecule has 0 aliphatic carbocycles. The van der Waals surface area contributed by atoms with Gasteiger partial charge in [0, 0.05) is 47.6 Å². The van der Waals surface area contributed by atoms with Crippen molar-refractivity contribution in [2.24, 2.45) is 0 Å². The molecule has 0 saturated heterocycles. The van der Waals surface area contributed by atoms with E-state index < -0.39 is 0 Å². The number of hydrogen-bond acceptors (Lipinski definition) is 10. The van der Waals surface area contributed by atoms with Crippen molar-refractivity contribution in [2.75, 3.05) is 63.3 Å². The van der Waals surface area contributed by atoms with Crippen molar-refractivity contribution in [1.29, 1.82) is 0 Å². The molecule has 0 unspecified atom stereocenters. The van der Waals surface area contributed by atoms with E-state index in [1.807, 2.05) is 74.8 Å². The standard InChI is InChI=1S/C28H33N7O3S/c1-35(2)13-12-29-18-26(36)30-19-8-7-9-23(16-19)39-34-28-27(32-24-10-5-6-11-25(24)33-28)31-20-14-21(37-3)17-22(15-20)38-4/h5-11,14-17,29H,12-13,18H2,1-4H3,(H,30,36)(H,31,32)(H,33,34). The summed E-state index contributed by atoms with van der Waals surface area (Å²) < 4.78 is 14.1. The normalized spacial score (nSPS) is 10.9. The summed E-state index contributed by atoms with van der Waals surface area (Å²) in [7, 11) is 7.21. The van der Waals surface area contributed by atoms with Gasteiger partial charge in [-0.25, -0.2) is 9.97 Å². The highest BCUT2D eigenvalue weighted by molar-refractivity contribution is 8.00. The van der Waals surface area contributed by atoms with Crippen LogP contribution in [-0.4, -0.2) is 68.7 Å². The Bertz CT molecular complexity index is 1400. The van der Waals surface area contributed by atoms with Crippen molar-refractivity contribution in [3.8, 4) is 11.5 Å². The first-order valence-electron chi connectivity index (χ1n) is 12.4. The van der Waals surface area contributed by atoms with Crippen LogP contribution in [0.2, 0.25) is 0 Å². The van der Waals surface area contributed by atoms with Crippen LogP contribution in [-0.2, 0) is 4.79 Å². The lowest BCUT2D eigenvalue weighted by atomic mass is 10.2. The fraction of sp³-hybridized carbons (Fsp3) is 0.250. The van der Waals surface area contributed by atoms with Crippen LogP contribution in [0.5, 0.6) is 11.5 Å². The van der Waals surface area contributed by atoms with Gasteiger partial charge < -0.3 is 35.0 Å². The molecule has 11 heteroatoms. The largest absolute Gasteiger partial charge is 0.497 e. The van der Waals surface area contributed by atoms with Crippen molar-refractivity contribution in [3.05, 3.63) is 66.7 Å². The van der Waals surface area contributed by atoms with Gasteiger partial charge in [0.15, 0.2) is 11.6 Å². The summed E-state index contributed by atoms with van der Waals surface area (Å²) in [6.07, 6.45) is 0. The van der Waals surface area contributed by atoms with E-state index in [0.717, 1.165) is 34.7 Å². The second-order valence-corrected chi connectivity index (χ2v) is 9.78. The van der Waals surface area contributed by atoms with Crippen LogP contribution in [0.4, 0.5) is 23.0 Å². The molecule has 0 aliphatic heterocycles. The number of carbonyl (C=O) groups excluding carboxylic acids is 1. The van der Waals surface area contributed by atoms with Crippen molar-refractivity contribution >= 4 is 51.9 Å². The minimum Gasteiger partial charge on any atom is -0.497 e. The third-order valence-electron chi connectivity index (χ3n) is 5.59. The van der Waals surface area contributed by atoms with Crippen LogP contribution < -0.4 is 30.1 Å². The number of amides is 1. The maximum Gasteiger partial charge on any atom is 0.238 e. The Balaban J connectivity index is 1.49. The molecule has 1 amide bonds. The molecule has 0 saturated carbocycles. The van der Waals surface area contributed by atoms with E-state index in [-0.39, 0.29) is 12.5 Å². The van der Waals surface area contributed by atoms with Crippen molar-refractivity contribution in [3.63, 3.8) is 0 Å². The van der Waals surface area contributed by atoms with E-state index >= 15 is 0 Å². The number of nitrogens with zero attached hydrogens (tertiary/aromatic N) is 3. The maximum absolute atomic E-state index is 12.3. The van der Waals surface area contributed by atoms with Gasteiger partial charge in [0.05, 0.1) is 31.8 Å². The molecule has 0 aliphatic rings. The van der Waals surface area contributed by atoms with Crippen molar-refractivity contribution < 1.29 is 14.3 Å². The van der Waals surface area contributed by atoms with Crippen molar-refractivity contribution in [1.82, 2.24) is 20.2 Å². The number of aromatic nitrogens is 2. The lowest BCUT2D eigenvalue weighted by Gasteiger charge is -2.15. The topological polar surface area (TPSA) is 113 Å². The number of benzene rings is 3. The van der Waals surface area contributed by atoms with Gasteiger partial charge in [0.2, 0.25) is 5.91 Å². The lowest BCUT2D eigenvalue weighted by Crippen LogP contribution is -2.33. The highest BCUT2D eigenvalue weighted by atomic mass is 32.2. The van der Waals surface area contributed by atoms with Crippen LogP contribution in [0.3, 0.4) is 0 Å². The van der Waals surface area contributed by atoms with Gasteiger partial charge in [-0.15, -0.1) is 0 Å². The molecule has 204 valence electrons. The number of carbonyl (C=O) groups is 1. The summed E-state index contributed by atoms with van der Waals surface area (Å²) in [5.74, 6) is 2.32. The maximum atomic E-state index is 12.3. The minimum absolute atomic E-state index is 0.0931. The second-order valence-electron chi connectivity index (χ2n) is 8.90. The smallest absolute Gasteiger partial charge is 0.238 e. The van der Waals surface area contributed by atoms with Gasteiger partial charge in [0.25, 0.3) is 0 Å². The third kappa shape index (κ3) is 8.21. The van der Waals surface area contributed by atoms with E-state index in [2.05, 4.69) is 25.6 Å². The molecule has 0 radical (unpaired) electrons. The molecular weight excluding hydrogens is 514 g/mol. The van der Waals surface area contributed by atoms with Gasteiger partial charge in [0.1, 0.15) is 11.5 Å². The van der Waals surface area contributed by atoms with E-state index in [4.69, 9.17) is 19.4 Å². The highest BCUT2D eigenvalue weighted by Gasteiger charge is 2.12. The average Bonchev–Trinajstić information content (AvgIpc) is 2.94. The minimum atomic E-state index is -0.0931. The highest BCUT2D eigenvalue weighted by Crippen LogP contribution is 2.32. The number of anilines is 4. The molecule has 1 heterocycles. The zero-order valence-electron chi connectivity index (χ0n) is 22.4. The molecule has 0 spiro atoms. The van der Waals surface area contributed by atoms with E-state index in [0.29, 0.717) is 28.8 Å². The van der Waals surface area contributed by atoms with Gasteiger partial charge in [-0.1, -0.05) is 18.2 Å². The van der Waals surface area contributed by atoms with Gasteiger partial charge in [-0.3, -0.25) is 4.79 Å². The van der Waals surface area contributed by atoms with E-state index in [1.54, 1.807) is 20.3 Å². The Labute approximate surface area is 232 Å². The first-order valence-corrected chi connectivity index (χ1v) is 13.2. The predicted molar refractivity (Wildman–Crippen MR) is 158 cm³/mol. The number of ether oxygens (including phenoxy) is 2. The fourth-order valence-corrected chi connectivity index (χ4v) is 4.32. The van der Waals surface area contributed by atoms with Crippen LogP contribution in [0.1, 0.15) is 0 Å². The summed E-state index contributed by atoms with van der Waals surface area (Å²) in [5, 5.41) is 9.42. The Kier molecular flexibility index (Phi) is 9.79. The Morgan fingerprint density at radius 1 is 0.872 bits per heavy atom. The molecule has 0 fully saturated rings. The molecule has 4 rings (SSSR count). The molecule has 10 nitrogen and oxygen atoms in total. The van der Waals surface area contributed by atoms with Crippen LogP contribution in [0, 0.1) is 0 Å². The Morgan fingerprint density at radius 2 is 1.56 bits per heavy atom. The first-order chi connectivity index (χ1) is 18.9. The summed E-state index contributed by atoms with van der Waals surface area (Å²) in [6.45, 7) is 1.86. The van der Waals surface area contributed by atoms with Crippen LogP contribution >= 0.6 is 11.9 Å². The molecule has 3 aromatic carbocycles. The average molecular weight is 548 g/mol. The van der Waals surface area contributed by atoms with E-state index in [9.17, 15) is 4.79 Å². The third-order valence-corrected chi connectivity index (χ3v) is 6.37. The zero-order valence-corrected chi connectivity index (χ0v) is 23.3. The number of hydrogen-bond donors (Lipinski definition) is 4. The van der Waals surface area contributed by atoms with Gasteiger partial charge in [-0.2, -0.15) is 0 Å². The second kappa shape index (κ2) is 13.7. The van der Waals surface area contributed by atoms with Gasteiger partial charge >= 0.3 is 0 Å². The summed E-state index contributed by atoms with van der Waals surface area (Å²) in [6, 6.07) is 20.8. The number of para-hydroxylation sites is 2. The molecule has 4 N–H and O–H groups in total. The first kappa shape index (κ1) is 28.0. The number of rotatable bonds is 13. The zero-order chi connectivity index (χ0) is 27.6. The Hall–Kier alpha value is -4.06. The predicted octanol–water partition coefficient (Wildman–Crippen LogP) is 4.60. The number of likely N-dealkylation sites (N-methyl/N-ethyl adjacent to an activating group) is 1. The monoisotopic (exact) mass is 547 g/mol. The number of methoxy groups -OCH3 is 2. The van der Waals surface area contributed by atoms with Crippen LogP contribution in [0.15, 0.2) is 71.6 Å². The molecule has 0 bridgehead atoms. The molecular formula is C28H33N7O3S. The molecule has 39 heavy (non-hydrogen) atoms. The summed E-state index contributed by atoms with van der Waals surface area (Å²) in [5.41, 5.74) is 2.98.